The number of hydrogen-bond donors (Lipinski definition) is 1. The average molecular weight is 318 g/mol. The molecule has 1 unspecified atom stereocenters. The highest BCUT2D eigenvalue weighted by Gasteiger charge is 2.42. The molecule has 1 atom stereocenters. The van der Waals surface area contributed by atoms with Crippen LogP contribution in [0.15, 0.2) is 12.5 Å². The number of nitrogens with zero attached hydrogens (tertiary/aromatic N) is 3. The van der Waals surface area contributed by atoms with E-state index in [-0.39, 0.29) is 12.0 Å². The molecular formula is C16H22N4O3. The number of nitrogens with one attached hydrogen (secondary N) is 1. The molecule has 7 heteroatoms. The number of aromatic nitrogens is 2. The number of likely N-dealkylation sites (tertiary alicyclic amines) is 1. The Labute approximate surface area is 135 Å². The van der Waals surface area contributed by atoms with Gasteiger partial charge in [-0.05, 0) is 19.3 Å². The Balaban J connectivity index is 1.72. The van der Waals surface area contributed by atoms with Crippen molar-refractivity contribution in [3.63, 3.8) is 0 Å². The Morgan fingerprint density at radius 3 is 3.04 bits per heavy atom. The van der Waals surface area contributed by atoms with Crippen LogP contribution in [0, 0.1) is 0 Å². The molecule has 1 aromatic heterocycles. The fourth-order valence-electron chi connectivity index (χ4n) is 3.29. The minimum Gasteiger partial charge on any atom is -0.441 e. The van der Waals surface area contributed by atoms with E-state index in [1.54, 1.807) is 6.20 Å². The third-order valence-electron chi connectivity index (χ3n) is 4.56. The first-order valence-electron chi connectivity index (χ1n) is 8.18. The summed E-state index contributed by atoms with van der Waals surface area (Å²) >= 11 is 0. The highest BCUT2D eigenvalue weighted by Crippen LogP contribution is 2.29. The van der Waals surface area contributed by atoms with E-state index in [1.807, 2.05) is 4.90 Å². The van der Waals surface area contributed by atoms with Gasteiger partial charge >= 0.3 is 6.09 Å². The maximum atomic E-state index is 12.8. The summed E-state index contributed by atoms with van der Waals surface area (Å²) in [6, 6.07) is 0. The molecule has 2 aliphatic rings. The normalized spacial score (nSPS) is 24.2. The molecule has 2 saturated heterocycles. The molecule has 1 aromatic rings. The van der Waals surface area contributed by atoms with E-state index >= 15 is 0 Å². The second-order valence-corrected chi connectivity index (χ2v) is 6.20. The summed E-state index contributed by atoms with van der Waals surface area (Å²) in [7, 11) is 0. The van der Waals surface area contributed by atoms with Crippen LogP contribution in [0.2, 0.25) is 0 Å². The van der Waals surface area contributed by atoms with Crippen molar-refractivity contribution in [3.05, 3.63) is 23.8 Å². The largest absolute Gasteiger partial charge is 0.441 e. The monoisotopic (exact) mass is 318 g/mol. The van der Waals surface area contributed by atoms with Crippen molar-refractivity contribution in [1.29, 1.82) is 0 Å². The molecular weight excluding hydrogens is 296 g/mol. The lowest BCUT2D eigenvalue weighted by molar-refractivity contribution is 0.0438. The molecule has 0 bridgehead atoms. The fourth-order valence-corrected chi connectivity index (χ4v) is 3.29. The van der Waals surface area contributed by atoms with E-state index in [1.165, 1.54) is 6.33 Å². The standard InChI is InChI=1S/C16H22N4O3/c1-2-4-13-12(9-17-11-19-13)14(21)20-7-3-5-16(6-8-20)10-18-15(22)23-16/h9,11H,2-8,10H2,1H3,(H,18,22). The van der Waals surface area contributed by atoms with Gasteiger partial charge in [-0.3, -0.25) is 4.79 Å². The number of aryl methyl sites for hydroxylation is 1. The molecule has 3 rings (SSSR count). The number of carbonyl (C=O) groups excluding carboxylic acids is 2. The van der Waals surface area contributed by atoms with Crippen LogP contribution in [0.4, 0.5) is 4.79 Å². The minimum absolute atomic E-state index is 0.0246. The van der Waals surface area contributed by atoms with Gasteiger partial charge in [-0.1, -0.05) is 13.3 Å². The fraction of sp³-hybridized carbons (Fsp3) is 0.625. The molecule has 0 aliphatic carbocycles. The van der Waals surface area contributed by atoms with Gasteiger partial charge in [0.1, 0.15) is 11.9 Å². The Morgan fingerprint density at radius 1 is 1.43 bits per heavy atom. The van der Waals surface area contributed by atoms with Gasteiger partial charge in [-0.25, -0.2) is 14.8 Å². The lowest BCUT2D eigenvalue weighted by atomic mass is 9.95. The number of rotatable bonds is 3. The zero-order valence-corrected chi connectivity index (χ0v) is 13.4. The van der Waals surface area contributed by atoms with E-state index in [0.29, 0.717) is 31.6 Å². The first kappa shape index (κ1) is 15.7. The summed E-state index contributed by atoms with van der Waals surface area (Å²) in [5.41, 5.74) is 0.943. The van der Waals surface area contributed by atoms with Crippen molar-refractivity contribution in [1.82, 2.24) is 20.2 Å². The molecule has 0 radical (unpaired) electrons. The van der Waals surface area contributed by atoms with Gasteiger partial charge in [-0.15, -0.1) is 0 Å². The van der Waals surface area contributed by atoms with Gasteiger partial charge in [0.25, 0.3) is 5.91 Å². The topological polar surface area (TPSA) is 84.4 Å². The summed E-state index contributed by atoms with van der Waals surface area (Å²) in [5, 5.41) is 2.72. The van der Waals surface area contributed by atoms with E-state index in [0.717, 1.165) is 31.4 Å². The maximum Gasteiger partial charge on any atom is 0.407 e. The van der Waals surface area contributed by atoms with Crippen LogP contribution in [0.1, 0.15) is 48.7 Å². The van der Waals surface area contributed by atoms with Crippen molar-refractivity contribution < 1.29 is 14.3 Å². The minimum atomic E-state index is -0.453. The van der Waals surface area contributed by atoms with Crippen molar-refractivity contribution in [3.8, 4) is 0 Å². The highest BCUT2D eigenvalue weighted by atomic mass is 16.6. The predicted molar refractivity (Wildman–Crippen MR) is 83.0 cm³/mol. The number of amides is 2. The van der Waals surface area contributed by atoms with Crippen molar-refractivity contribution >= 4 is 12.0 Å². The van der Waals surface area contributed by atoms with Crippen molar-refractivity contribution in [2.24, 2.45) is 0 Å². The summed E-state index contributed by atoms with van der Waals surface area (Å²) in [4.78, 5) is 34.3. The molecule has 3 heterocycles. The molecule has 0 aromatic carbocycles. The second-order valence-electron chi connectivity index (χ2n) is 6.20. The Hall–Kier alpha value is -2.18. The molecule has 7 nitrogen and oxygen atoms in total. The molecule has 124 valence electrons. The van der Waals surface area contributed by atoms with Gasteiger partial charge in [0.05, 0.1) is 17.8 Å². The van der Waals surface area contributed by atoms with Crippen LogP contribution in [0.3, 0.4) is 0 Å². The molecule has 2 fully saturated rings. The number of alkyl carbamates (subject to hydrolysis) is 1. The first-order chi connectivity index (χ1) is 11.1. The van der Waals surface area contributed by atoms with Crippen LogP contribution < -0.4 is 5.32 Å². The quantitative estimate of drug-likeness (QED) is 0.913. The molecule has 1 N–H and O–H groups in total. The second kappa shape index (κ2) is 6.52. The number of ether oxygens (including phenoxy) is 1. The van der Waals surface area contributed by atoms with Crippen LogP contribution in [-0.4, -0.2) is 52.1 Å². The lowest BCUT2D eigenvalue weighted by Gasteiger charge is -2.25. The first-order valence-corrected chi connectivity index (χ1v) is 8.18. The van der Waals surface area contributed by atoms with Gasteiger partial charge in [0, 0.05) is 25.7 Å². The predicted octanol–water partition coefficient (Wildman–Crippen LogP) is 1.53. The van der Waals surface area contributed by atoms with Gasteiger partial charge < -0.3 is 15.0 Å². The average Bonchev–Trinajstić information content (AvgIpc) is 2.79. The number of carbonyl (C=O) groups is 2. The van der Waals surface area contributed by atoms with Crippen LogP contribution in [-0.2, 0) is 11.2 Å². The third-order valence-corrected chi connectivity index (χ3v) is 4.56. The maximum absolute atomic E-state index is 12.8. The van der Waals surface area contributed by atoms with Crippen LogP contribution >= 0.6 is 0 Å². The Bertz CT molecular complexity index is 607. The van der Waals surface area contributed by atoms with E-state index < -0.39 is 5.60 Å². The van der Waals surface area contributed by atoms with Gasteiger partial charge in [-0.2, -0.15) is 0 Å². The molecule has 2 amide bonds. The Kier molecular flexibility index (Phi) is 4.45. The SMILES string of the molecule is CCCc1ncncc1C(=O)N1CCCC2(CC1)CNC(=O)O2. The molecule has 1 spiro atoms. The van der Waals surface area contributed by atoms with Gasteiger partial charge in [0.2, 0.25) is 0 Å². The molecule has 23 heavy (non-hydrogen) atoms. The molecule has 2 aliphatic heterocycles. The lowest BCUT2D eigenvalue weighted by Crippen LogP contribution is -2.37. The summed E-state index contributed by atoms with van der Waals surface area (Å²) in [6.45, 7) is 3.84. The summed E-state index contributed by atoms with van der Waals surface area (Å²) in [5.74, 6) is -0.0246. The number of hydrogen-bond acceptors (Lipinski definition) is 5. The van der Waals surface area contributed by atoms with E-state index in [9.17, 15) is 9.59 Å². The smallest absolute Gasteiger partial charge is 0.407 e. The van der Waals surface area contributed by atoms with E-state index in [2.05, 4.69) is 22.2 Å². The Morgan fingerprint density at radius 2 is 2.30 bits per heavy atom. The zero-order chi connectivity index (χ0) is 16.3. The van der Waals surface area contributed by atoms with Gasteiger partial charge in [0.15, 0.2) is 0 Å². The van der Waals surface area contributed by atoms with E-state index in [4.69, 9.17) is 4.74 Å². The van der Waals surface area contributed by atoms with Crippen LogP contribution in [0.5, 0.6) is 0 Å². The molecule has 0 saturated carbocycles. The summed E-state index contributed by atoms with van der Waals surface area (Å²) in [6.07, 6.45) is 6.70. The third kappa shape index (κ3) is 3.28. The zero-order valence-electron chi connectivity index (χ0n) is 13.4. The van der Waals surface area contributed by atoms with Crippen molar-refractivity contribution in [2.45, 2.75) is 44.6 Å². The van der Waals surface area contributed by atoms with Crippen molar-refractivity contribution in [2.75, 3.05) is 19.6 Å². The van der Waals surface area contributed by atoms with Crippen LogP contribution in [0.25, 0.3) is 0 Å². The summed E-state index contributed by atoms with van der Waals surface area (Å²) < 4.78 is 5.45. The highest BCUT2D eigenvalue weighted by molar-refractivity contribution is 5.95.